The van der Waals surface area contributed by atoms with E-state index in [1.165, 1.54) is 12.1 Å². The second-order valence-corrected chi connectivity index (χ2v) is 10.0. The SMILES string of the molecule is CC(=O)N1CCN(c2nc(NC(C)(C)Cc3ccc(F)cc3)c3c(n2)C(=O)N(C(C)C)C3)CC1. The number of fused-ring (bicyclic) bond motifs is 1. The van der Waals surface area contributed by atoms with Crippen molar-refractivity contribution in [2.75, 3.05) is 36.4 Å². The number of hydrogen-bond acceptors (Lipinski definition) is 6. The monoisotopic (exact) mass is 468 g/mol. The molecule has 0 radical (unpaired) electrons. The van der Waals surface area contributed by atoms with Gasteiger partial charge in [0.05, 0.1) is 6.54 Å². The molecule has 8 nitrogen and oxygen atoms in total. The molecule has 2 aliphatic rings. The van der Waals surface area contributed by atoms with Gasteiger partial charge in [-0.1, -0.05) is 12.1 Å². The predicted molar refractivity (Wildman–Crippen MR) is 129 cm³/mol. The third kappa shape index (κ3) is 4.98. The van der Waals surface area contributed by atoms with Crippen molar-refractivity contribution in [2.24, 2.45) is 0 Å². The van der Waals surface area contributed by atoms with E-state index in [4.69, 9.17) is 4.98 Å². The first-order valence-electron chi connectivity index (χ1n) is 11.8. The van der Waals surface area contributed by atoms with Crippen molar-refractivity contribution in [3.05, 3.63) is 46.9 Å². The lowest BCUT2D eigenvalue weighted by Crippen LogP contribution is -2.48. The molecule has 2 aliphatic heterocycles. The van der Waals surface area contributed by atoms with Crippen LogP contribution in [0, 0.1) is 5.82 Å². The van der Waals surface area contributed by atoms with Gasteiger partial charge in [-0.3, -0.25) is 9.59 Å². The Bertz CT molecular complexity index is 1080. The Morgan fingerprint density at radius 1 is 1.12 bits per heavy atom. The summed E-state index contributed by atoms with van der Waals surface area (Å²) in [4.78, 5) is 40.1. The van der Waals surface area contributed by atoms with Crippen LogP contribution >= 0.6 is 0 Å². The summed E-state index contributed by atoms with van der Waals surface area (Å²) in [5, 5.41) is 3.55. The maximum absolute atomic E-state index is 13.3. The molecule has 2 amide bonds. The van der Waals surface area contributed by atoms with E-state index in [0.29, 0.717) is 56.6 Å². The molecule has 34 heavy (non-hydrogen) atoms. The van der Waals surface area contributed by atoms with Gasteiger partial charge in [0.1, 0.15) is 17.3 Å². The van der Waals surface area contributed by atoms with Gasteiger partial charge in [0.15, 0.2) is 0 Å². The molecule has 1 saturated heterocycles. The number of carbonyl (C=O) groups excluding carboxylic acids is 2. The van der Waals surface area contributed by atoms with E-state index in [-0.39, 0.29) is 23.7 Å². The summed E-state index contributed by atoms with van der Waals surface area (Å²) in [6.07, 6.45) is 0.653. The van der Waals surface area contributed by atoms with Gasteiger partial charge in [-0.2, -0.15) is 4.98 Å². The standard InChI is InChI=1S/C25H33FN6O2/c1-16(2)32-15-20-21(23(32)34)27-24(31-12-10-30(11-13-31)17(3)33)28-22(20)29-25(4,5)14-18-6-8-19(26)9-7-18/h6-9,16H,10-15H2,1-5H3,(H,27,28,29). The van der Waals surface area contributed by atoms with Crippen molar-refractivity contribution in [3.63, 3.8) is 0 Å². The Balaban J connectivity index is 1.64. The van der Waals surface area contributed by atoms with E-state index in [9.17, 15) is 14.0 Å². The molecule has 0 aliphatic carbocycles. The molecule has 4 rings (SSSR count). The van der Waals surface area contributed by atoms with Gasteiger partial charge < -0.3 is 20.0 Å². The molecule has 182 valence electrons. The minimum absolute atomic E-state index is 0.0457. The smallest absolute Gasteiger partial charge is 0.273 e. The quantitative estimate of drug-likeness (QED) is 0.702. The van der Waals surface area contributed by atoms with Gasteiger partial charge in [-0.15, -0.1) is 0 Å². The van der Waals surface area contributed by atoms with Crippen LogP contribution in [0.1, 0.15) is 56.2 Å². The summed E-state index contributed by atoms with van der Waals surface area (Å²) in [6.45, 7) is 12.6. The average molecular weight is 469 g/mol. The van der Waals surface area contributed by atoms with Crippen LogP contribution in [0.15, 0.2) is 24.3 Å². The molecular formula is C25H33FN6O2. The molecule has 2 aromatic rings. The molecule has 9 heteroatoms. The van der Waals surface area contributed by atoms with E-state index in [1.807, 2.05) is 18.7 Å². The van der Waals surface area contributed by atoms with Gasteiger partial charge in [-0.25, -0.2) is 9.37 Å². The highest BCUT2D eigenvalue weighted by molar-refractivity contribution is 5.98. The van der Waals surface area contributed by atoms with Crippen LogP contribution < -0.4 is 10.2 Å². The molecule has 0 unspecified atom stereocenters. The first-order chi connectivity index (χ1) is 16.0. The molecule has 0 atom stereocenters. The lowest BCUT2D eigenvalue weighted by atomic mass is 9.94. The summed E-state index contributed by atoms with van der Waals surface area (Å²) in [6, 6.07) is 6.54. The number of halogens is 1. The minimum Gasteiger partial charge on any atom is -0.364 e. The second-order valence-electron chi connectivity index (χ2n) is 10.0. The number of aromatic nitrogens is 2. The number of piperazine rings is 1. The van der Waals surface area contributed by atoms with Gasteiger partial charge in [0.25, 0.3) is 5.91 Å². The molecule has 0 bridgehead atoms. The number of carbonyl (C=O) groups is 2. The fraction of sp³-hybridized carbons (Fsp3) is 0.520. The Hall–Kier alpha value is -3.23. The van der Waals surface area contributed by atoms with Crippen molar-refractivity contribution in [3.8, 4) is 0 Å². The molecule has 3 heterocycles. The van der Waals surface area contributed by atoms with Crippen LogP contribution in [0.4, 0.5) is 16.2 Å². The number of rotatable bonds is 6. The van der Waals surface area contributed by atoms with Gasteiger partial charge in [0.2, 0.25) is 11.9 Å². The number of anilines is 2. The largest absolute Gasteiger partial charge is 0.364 e. The molecule has 1 aromatic carbocycles. The van der Waals surface area contributed by atoms with Crippen LogP contribution in [0.5, 0.6) is 0 Å². The number of benzene rings is 1. The first kappa shape index (κ1) is 23.9. The fourth-order valence-corrected chi connectivity index (χ4v) is 4.54. The van der Waals surface area contributed by atoms with Crippen LogP contribution in [-0.2, 0) is 17.8 Å². The van der Waals surface area contributed by atoms with Crippen molar-refractivity contribution in [1.82, 2.24) is 19.8 Å². The first-order valence-corrected chi connectivity index (χ1v) is 11.8. The van der Waals surface area contributed by atoms with E-state index in [2.05, 4.69) is 24.1 Å². The molecule has 1 N–H and O–H groups in total. The summed E-state index contributed by atoms with van der Waals surface area (Å²) in [5.74, 6) is 0.862. The summed E-state index contributed by atoms with van der Waals surface area (Å²) in [7, 11) is 0. The summed E-state index contributed by atoms with van der Waals surface area (Å²) in [5.41, 5.74) is 1.84. The Morgan fingerprint density at radius 2 is 1.76 bits per heavy atom. The minimum atomic E-state index is -0.404. The molecular weight excluding hydrogens is 435 g/mol. The zero-order valence-electron chi connectivity index (χ0n) is 20.6. The van der Waals surface area contributed by atoms with E-state index >= 15 is 0 Å². The molecule has 1 aromatic heterocycles. The Kier molecular flexibility index (Phi) is 6.47. The van der Waals surface area contributed by atoms with Crippen molar-refractivity contribution < 1.29 is 14.0 Å². The average Bonchev–Trinajstić information content (AvgIpc) is 3.12. The highest BCUT2D eigenvalue weighted by Gasteiger charge is 2.36. The fourth-order valence-electron chi connectivity index (χ4n) is 4.54. The number of hydrogen-bond donors (Lipinski definition) is 1. The van der Waals surface area contributed by atoms with Crippen LogP contribution in [-0.4, -0.2) is 69.3 Å². The van der Waals surface area contributed by atoms with Gasteiger partial charge in [-0.05, 0) is 51.8 Å². The topological polar surface area (TPSA) is 81.7 Å². The maximum atomic E-state index is 13.3. The van der Waals surface area contributed by atoms with E-state index < -0.39 is 5.54 Å². The van der Waals surface area contributed by atoms with Crippen molar-refractivity contribution in [2.45, 2.75) is 59.2 Å². The predicted octanol–water partition coefficient (Wildman–Crippen LogP) is 3.08. The number of nitrogens with zero attached hydrogens (tertiary/aromatic N) is 5. The van der Waals surface area contributed by atoms with E-state index in [0.717, 1.165) is 11.1 Å². The molecule has 0 spiro atoms. The molecule has 0 saturated carbocycles. The van der Waals surface area contributed by atoms with Crippen LogP contribution in [0.25, 0.3) is 0 Å². The summed E-state index contributed by atoms with van der Waals surface area (Å²) < 4.78 is 13.3. The molecule has 1 fully saturated rings. The third-order valence-electron chi connectivity index (χ3n) is 6.43. The highest BCUT2D eigenvalue weighted by atomic mass is 19.1. The van der Waals surface area contributed by atoms with E-state index in [1.54, 1.807) is 28.9 Å². The van der Waals surface area contributed by atoms with Gasteiger partial charge in [0, 0.05) is 50.2 Å². The lowest BCUT2D eigenvalue weighted by Gasteiger charge is -2.35. The number of amides is 2. The highest BCUT2D eigenvalue weighted by Crippen LogP contribution is 2.32. The third-order valence-corrected chi connectivity index (χ3v) is 6.43. The summed E-state index contributed by atoms with van der Waals surface area (Å²) >= 11 is 0. The van der Waals surface area contributed by atoms with Crippen LogP contribution in [0.3, 0.4) is 0 Å². The van der Waals surface area contributed by atoms with Crippen molar-refractivity contribution in [1.29, 1.82) is 0 Å². The second kappa shape index (κ2) is 9.19. The Labute approximate surface area is 200 Å². The zero-order valence-corrected chi connectivity index (χ0v) is 20.6. The normalized spacial score (nSPS) is 16.3. The Morgan fingerprint density at radius 3 is 2.35 bits per heavy atom. The zero-order chi connectivity index (χ0) is 24.6. The van der Waals surface area contributed by atoms with Gasteiger partial charge >= 0.3 is 0 Å². The lowest BCUT2D eigenvalue weighted by molar-refractivity contribution is -0.129. The van der Waals surface area contributed by atoms with Crippen molar-refractivity contribution >= 4 is 23.6 Å². The van der Waals surface area contributed by atoms with Crippen LogP contribution in [0.2, 0.25) is 0 Å². The number of nitrogens with one attached hydrogen (secondary N) is 1. The maximum Gasteiger partial charge on any atom is 0.273 e.